The van der Waals surface area contributed by atoms with Crippen LogP contribution in [-0.4, -0.2) is 27.8 Å². The molecule has 0 amide bonds. The predicted octanol–water partition coefficient (Wildman–Crippen LogP) is 7.32. The first-order chi connectivity index (χ1) is 19.0. The normalized spacial score (nSPS) is 41.7. The molecule has 0 N–H and O–H groups in total. The molecule has 0 aliphatic heterocycles. The second-order valence-electron chi connectivity index (χ2n) is 15.7. The van der Waals surface area contributed by atoms with Crippen LogP contribution < -0.4 is 0 Å². The second-order valence-corrected chi connectivity index (χ2v) is 18.1. The van der Waals surface area contributed by atoms with Gasteiger partial charge in [-0.15, -0.1) is 4.36 Å². The average Bonchev–Trinajstić information content (AvgIpc) is 3.68. The molecule has 0 spiro atoms. The fourth-order valence-electron chi connectivity index (χ4n) is 10.2. The van der Waals surface area contributed by atoms with Crippen molar-refractivity contribution in [3.8, 4) is 12.3 Å². The molecule has 7 atom stereocenters. The van der Waals surface area contributed by atoms with Gasteiger partial charge in [-0.2, -0.15) is 10.5 Å². The molecular weight excluding hydrogens is 530 g/mol. The van der Waals surface area contributed by atoms with E-state index >= 15 is 0 Å². The average molecular weight is 578 g/mol. The summed E-state index contributed by atoms with van der Waals surface area (Å²) in [6.07, 6.45) is 16.9. The number of fused-ring (bicyclic) bond motifs is 5. The molecule has 0 aromatic rings. The molecule has 0 aromatic carbocycles. The molecule has 41 heavy (non-hydrogen) atoms. The lowest BCUT2D eigenvalue weighted by molar-refractivity contribution is -0.146. The molecular formula is C34H47N3O3S. The van der Waals surface area contributed by atoms with Crippen molar-refractivity contribution in [1.82, 2.24) is 0 Å². The number of nitriles is 2. The van der Waals surface area contributed by atoms with Crippen molar-refractivity contribution in [3.63, 3.8) is 0 Å². The Morgan fingerprint density at radius 1 is 1.00 bits per heavy atom. The van der Waals surface area contributed by atoms with Gasteiger partial charge >= 0.3 is 0 Å². The topological polar surface area (TPSA) is 111 Å². The van der Waals surface area contributed by atoms with E-state index in [0.717, 1.165) is 50.5 Å². The maximum Gasteiger partial charge on any atom is 0.214 e. The van der Waals surface area contributed by atoms with Crippen molar-refractivity contribution in [2.24, 2.45) is 48.7 Å². The van der Waals surface area contributed by atoms with E-state index in [-0.39, 0.29) is 45.2 Å². The maximum atomic E-state index is 14.3. The molecule has 0 saturated heterocycles. The molecule has 5 aliphatic carbocycles. The molecule has 3 saturated carbocycles. The molecule has 3 fully saturated rings. The standard InChI is InChI=1S/C34H47N3O3S/c1-8-33(13-14-33)15-16-34(21-41(7,40)37-22-36)12-11-31(5)24(19-34)25(38)17-27-30(4)18-23(20-35)28(39)29(2,3)26(30)9-10-32(27,31)6/h17-18,24,26H,8-16,19,21H2,1-7H3/t24-,26-,30-,31+,32+,34+,41?/m0/s1. The summed E-state index contributed by atoms with van der Waals surface area (Å²) >= 11 is 0. The maximum absolute atomic E-state index is 14.3. The number of hydrogen-bond acceptors (Lipinski definition) is 6. The lowest BCUT2D eigenvalue weighted by atomic mass is 9.37. The summed E-state index contributed by atoms with van der Waals surface area (Å²) in [5.41, 5.74) is -0.374. The molecule has 5 rings (SSSR count). The third-order valence-electron chi connectivity index (χ3n) is 13.3. The highest BCUT2D eigenvalue weighted by molar-refractivity contribution is 7.93. The monoisotopic (exact) mass is 577 g/mol. The Morgan fingerprint density at radius 3 is 2.22 bits per heavy atom. The van der Waals surface area contributed by atoms with Crippen LogP contribution in [-0.2, 0) is 19.3 Å². The van der Waals surface area contributed by atoms with Crippen molar-refractivity contribution in [3.05, 3.63) is 23.3 Å². The summed E-state index contributed by atoms with van der Waals surface area (Å²) in [5.74, 6) is 0.230. The highest BCUT2D eigenvalue weighted by Crippen LogP contribution is 2.72. The first kappa shape index (κ1) is 30.2. The van der Waals surface area contributed by atoms with Crippen LogP contribution in [0, 0.1) is 67.1 Å². The summed E-state index contributed by atoms with van der Waals surface area (Å²) in [4.78, 5) is 27.5. The zero-order valence-electron chi connectivity index (χ0n) is 26.1. The van der Waals surface area contributed by atoms with Gasteiger partial charge in [-0.25, -0.2) is 4.21 Å². The van der Waals surface area contributed by atoms with Crippen LogP contribution in [0.2, 0.25) is 0 Å². The van der Waals surface area contributed by atoms with E-state index in [4.69, 9.17) is 0 Å². The van der Waals surface area contributed by atoms with E-state index in [1.807, 2.05) is 26.0 Å². The molecule has 7 heteroatoms. The molecule has 0 heterocycles. The molecule has 0 aromatic heterocycles. The highest BCUT2D eigenvalue weighted by Gasteiger charge is 2.67. The number of carbonyl (C=O) groups is 2. The number of ketones is 2. The highest BCUT2D eigenvalue weighted by atomic mass is 32.2. The minimum absolute atomic E-state index is 0.0238. The van der Waals surface area contributed by atoms with Gasteiger partial charge in [-0.05, 0) is 91.4 Å². The van der Waals surface area contributed by atoms with E-state index in [1.54, 1.807) is 12.4 Å². The van der Waals surface area contributed by atoms with Gasteiger partial charge in [0.2, 0.25) is 6.19 Å². The van der Waals surface area contributed by atoms with Crippen molar-refractivity contribution in [1.29, 1.82) is 10.5 Å². The van der Waals surface area contributed by atoms with E-state index in [0.29, 0.717) is 17.6 Å². The van der Waals surface area contributed by atoms with Crippen LogP contribution in [0.3, 0.4) is 0 Å². The van der Waals surface area contributed by atoms with Crippen LogP contribution in [0.4, 0.5) is 0 Å². The summed E-state index contributed by atoms with van der Waals surface area (Å²) in [6.45, 7) is 12.9. The minimum Gasteiger partial charge on any atom is -0.295 e. The summed E-state index contributed by atoms with van der Waals surface area (Å²) < 4.78 is 17.3. The quantitative estimate of drug-likeness (QED) is 0.307. The zero-order chi connectivity index (χ0) is 30.3. The van der Waals surface area contributed by atoms with Gasteiger partial charge < -0.3 is 0 Å². The van der Waals surface area contributed by atoms with Gasteiger partial charge in [0, 0.05) is 28.8 Å². The SMILES string of the molecule is CCC1(CC[C@]2(CS(C)(=O)=NC#N)CC[C@]3(C)[C@@H](C2)C(=O)C=C2[C@@]4(C)C=C(C#N)C(=O)C(C)(C)[C@@H]4CC[C@]23C)CC1. The summed E-state index contributed by atoms with van der Waals surface area (Å²) in [6, 6.07) is 2.17. The van der Waals surface area contributed by atoms with E-state index in [9.17, 15) is 24.3 Å². The lowest BCUT2D eigenvalue weighted by Gasteiger charge is -2.66. The van der Waals surface area contributed by atoms with Crippen LogP contribution in [0.1, 0.15) is 106 Å². The number of allylic oxidation sites excluding steroid dienone is 4. The van der Waals surface area contributed by atoms with Crippen LogP contribution in [0.5, 0.6) is 0 Å². The Balaban J connectivity index is 1.58. The molecule has 222 valence electrons. The summed E-state index contributed by atoms with van der Waals surface area (Å²) in [7, 11) is -2.69. The fraction of sp³-hybridized carbons (Fsp3) is 0.765. The first-order valence-corrected chi connectivity index (χ1v) is 17.6. The fourth-order valence-corrected chi connectivity index (χ4v) is 12.0. The molecule has 0 bridgehead atoms. The Kier molecular flexibility index (Phi) is 6.91. The predicted molar refractivity (Wildman–Crippen MR) is 161 cm³/mol. The Labute approximate surface area is 247 Å². The molecule has 5 aliphatic rings. The number of rotatable bonds is 6. The zero-order valence-corrected chi connectivity index (χ0v) is 26.9. The number of carbonyl (C=O) groups excluding carboxylic acids is 2. The molecule has 0 radical (unpaired) electrons. The first-order valence-electron chi connectivity index (χ1n) is 15.5. The van der Waals surface area contributed by atoms with Crippen LogP contribution in [0.15, 0.2) is 27.7 Å². The van der Waals surface area contributed by atoms with Crippen molar-refractivity contribution >= 4 is 21.3 Å². The van der Waals surface area contributed by atoms with Gasteiger partial charge in [0.25, 0.3) is 0 Å². The van der Waals surface area contributed by atoms with Gasteiger partial charge in [0.15, 0.2) is 11.6 Å². The third-order valence-corrected chi connectivity index (χ3v) is 14.9. The Morgan fingerprint density at radius 2 is 1.63 bits per heavy atom. The minimum atomic E-state index is -2.69. The van der Waals surface area contributed by atoms with Gasteiger partial charge in [0.05, 0.1) is 15.3 Å². The van der Waals surface area contributed by atoms with Crippen molar-refractivity contribution in [2.75, 3.05) is 12.0 Å². The lowest BCUT2D eigenvalue weighted by Crippen LogP contribution is -2.62. The smallest absolute Gasteiger partial charge is 0.214 e. The van der Waals surface area contributed by atoms with E-state index in [1.165, 1.54) is 12.8 Å². The number of Topliss-reactive ketones (excluding diaryl/α,β-unsaturated/α-hetero) is 1. The van der Waals surface area contributed by atoms with Crippen LogP contribution in [0.25, 0.3) is 0 Å². The Hall–Kier alpha value is -2.25. The van der Waals surface area contributed by atoms with E-state index in [2.05, 4.69) is 38.1 Å². The Bertz CT molecular complexity index is 1460. The van der Waals surface area contributed by atoms with Crippen molar-refractivity contribution in [2.45, 2.75) is 106 Å². The largest absolute Gasteiger partial charge is 0.295 e. The van der Waals surface area contributed by atoms with Gasteiger partial charge in [-0.3, -0.25) is 9.59 Å². The number of nitrogens with zero attached hydrogens (tertiary/aromatic N) is 3. The van der Waals surface area contributed by atoms with Crippen molar-refractivity contribution < 1.29 is 13.8 Å². The van der Waals surface area contributed by atoms with Gasteiger partial charge in [-0.1, -0.05) is 59.6 Å². The third kappa shape index (κ3) is 4.40. The van der Waals surface area contributed by atoms with Gasteiger partial charge in [0.1, 0.15) is 6.07 Å². The molecule has 1 unspecified atom stereocenters. The number of hydrogen-bond donors (Lipinski definition) is 0. The van der Waals surface area contributed by atoms with Crippen LogP contribution >= 0.6 is 0 Å². The molecule has 6 nitrogen and oxygen atoms in total. The summed E-state index contributed by atoms with van der Waals surface area (Å²) in [5, 5.41) is 19.2. The second kappa shape index (κ2) is 9.37. The van der Waals surface area contributed by atoms with E-state index < -0.39 is 20.6 Å².